The molecule has 0 bridgehead atoms. The van der Waals surface area contributed by atoms with Crippen LogP contribution in [-0.4, -0.2) is 42.0 Å². The highest BCUT2D eigenvalue weighted by atomic mass is 16.5. The van der Waals surface area contributed by atoms with Crippen molar-refractivity contribution in [2.75, 3.05) is 20.7 Å². The third kappa shape index (κ3) is 6.20. The third-order valence-corrected chi connectivity index (χ3v) is 5.59. The third-order valence-electron chi connectivity index (χ3n) is 5.59. The number of aromatic nitrogens is 1. The Balaban J connectivity index is 1.57. The van der Waals surface area contributed by atoms with Gasteiger partial charge in [-0.1, -0.05) is 55.5 Å². The van der Waals surface area contributed by atoms with Gasteiger partial charge in [-0.25, -0.2) is 4.79 Å². The summed E-state index contributed by atoms with van der Waals surface area (Å²) >= 11 is 0. The smallest absolute Gasteiger partial charge is 0.337 e. The zero-order valence-corrected chi connectivity index (χ0v) is 18.9. The number of likely N-dealkylation sites (N-methyl/N-ethyl adjacent to an activating group) is 1. The van der Waals surface area contributed by atoms with E-state index in [1.807, 2.05) is 66.4 Å². The highest BCUT2D eigenvalue weighted by Gasteiger charge is 2.11. The van der Waals surface area contributed by atoms with E-state index in [1.54, 1.807) is 17.0 Å². The number of nitrogens with zero attached hydrogens (tertiary/aromatic N) is 2. The number of rotatable bonds is 9. The number of esters is 1. The molecule has 0 radical (unpaired) electrons. The van der Waals surface area contributed by atoms with Crippen molar-refractivity contribution in [1.82, 2.24) is 9.47 Å². The molecule has 0 aliphatic heterocycles. The van der Waals surface area contributed by atoms with Crippen LogP contribution in [0, 0.1) is 0 Å². The maximum absolute atomic E-state index is 12.7. The minimum absolute atomic E-state index is 0.0817. The molecule has 5 heteroatoms. The summed E-state index contributed by atoms with van der Waals surface area (Å²) in [6.07, 6.45) is 6.91. The lowest BCUT2D eigenvalue weighted by Gasteiger charge is -2.18. The van der Waals surface area contributed by atoms with Gasteiger partial charge >= 0.3 is 5.97 Å². The molecule has 0 aliphatic carbocycles. The monoisotopic (exact) mass is 430 g/mol. The van der Waals surface area contributed by atoms with Gasteiger partial charge in [0, 0.05) is 25.5 Å². The van der Waals surface area contributed by atoms with Crippen LogP contribution in [0.1, 0.15) is 40.0 Å². The molecule has 0 saturated heterocycles. The standard InChI is InChI=1S/C27H30N2O3/c1-21(23-12-14-24(15-13-23)27(31)32-3)11-16-25-10-7-18-29(25)20-26(30)28(2)19-17-22-8-5-4-6-9-22/h4-16,18,21H,17,19-20H2,1-3H3. The molecule has 1 amide bonds. The van der Waals surface area contributed by atoms with Gasteiger partial charge in [0.25, 0.3) is 0 Å². The van der Waals surface area contributed by atoms with E-state index in [0.717, 1.165) is 17.7 Å². The molecule has 0 spiro atoms. The van der Waals surface area contributed by atoms with Gasteiger partial charge in [0.15, 0.2) is 0 Å². The summed E-state index contributed by atoms with van der Waals surface area (Å²) in [7, 11) is 3.23. The first kappa shape index (κ1) is 23.1. The first-order chi connectivity index (χ1) is 15.5. The Hall–Kier alpha value is -3.60. The van der Waals surface area contributed by atoms with Crippen LogP contribution in [0.5, 0.6) is 0 Å². The van der Waals surface area contributed by atoms with Gasteiger partial charge in [0.1, 0.15) is 6.54 Å². The van der Waals surface area contributed by atoms with Crippen LogP contribution in [0.3, 0.4) is 0 Å². The minimum Gasteiger partial charge on any atom is -0.465 e. The van der Waals surface area contributed by atoms with Gasteiger partial charge in [0.05, 0.1) is 12.7 Å². The van der Waals surface area contributed by atoms with E-state index in [1.165, 1.54) is 12.7 Å². The fraction of sp³-hybridized carbons (Fsp3) is 0.259. The minimum atomic E-state index is -0.337. The van der Waals surface area contributed by atoms with Crippen molar-refractivity contribution >= 4 is 18.0 Å². The lowest BCUT2D eigenvalue weighted by Crippen LogP contribution is -2.32. The van der Waals surface area contributed by atoms with Crippen molar-refractivity contribution in [2.45, 2.75) is 25.8 Å². The van der Waals surface area contributed by atoms with Gasteiger partial charge in [-0.2, -0.15) is 0 Å². The molecule has 0 saturated carbocycles. The topological polar surface area (TPSA) is 51.5 Å². The highest BCUT2D eigenvalue weighted by molar-refractivity contribution is 5.89. The molecular weight excluding hydrogens is 400 g/mol. The van der Waals surface area contributed by atoms with Crippen LogP contribution >= 0.6 is 0 Å². The predicted molar refractivity (Wildman–Crippen MR) is 127 cm³/mol. The van der Waals surface area contributed by atoms with E-state index < -0.39 is 0 Å². The zero-order chi connectivity index (χ0) is 22.9. The molecule has 3 aromatic rings. The van der Waals surface area contributed by atoms with Gasteiger partial charge in [0.2, 0.25) is 5.91 Å². The number of ether oxygens (including phenoxy) is 1. The molecule has 0 fully saturated rings. The molecule has 1 aromatic heterocycles. The number of carbonyl (C=O) groups is 2. The number of amides is 1. The van der Waals surface area contributed by atoms with Crippen LogP contribution in [0.15, 0.2) is 79.0 Å². The van der Waals surface area contributed by atoms with Gasteiger partial charge in [-0.15, -0.1) is 0 Å². The molecular formula is C27H30N2O3. The maximum atomic E-state index is 12.7. The number of benzene rings is 2. The Morgan fingerprint density at radius 2 is 1.75 bits per heavy atom. The van der Waals surface area contributed by atoms with E-state index >= 15 is 0 Å². The second-order valence-corrected chi connectivity index (χ2v) is 7.87. The molecule has 0 aliphatic rings. The van der Waals surface area contributed by atoms with Crippen molar-refractivity contribution in [2.24, 2.45) is 0 Å². The van der Waals surface area contributed by atoms with E-state index in [2.05, 4.69) is 25.1 Å². The molecule has 1 heterocycles. The summed E-state index contributed by atoms with van der Waals surface area (Å²) in [5, 5.41) is 0. The van der Waals surface area contributed by atoms with Gasteiger partial charge in [-0.3, -0.25) is 4.79 Å². The Kier molecular flexibility index (Phi) is 8.03. The Morgan fingerprint density at radius 3 is 2.44 bits per heavy atom. The van der Waals surface area contributed by atoms with Crippen LogP contribution in [0.2, 0.25) is 0 Å². The Morgan fingerprint density at radius 1 is 1.03 bits per heavy atom. The van der Waals surface area contributed by atoms with Crippen molar-refractivity contribution in [3.63, 3.8) is 0 Å². The van der Waals surface area contributed by atoms with Crippen molar-refractivity contribution in [3.05, 3.63) is 101 Å². The number of hydrogen-bond donors (Lipinski definition) is 0. The molecule has 0 N–H and O–H groups in total. The Bertz CT molecular complexity index is 1050. The lowest BCUT2D eigenvalue weighted by atomic mass is 9.99. The molecule has 5 nitrogen and oxygen atoms in total. The summed E-state index contributed by atoms with van der Waals surface area (Å²) in [5.41, 5.74) is 3.85. The van der Waals surface area contributed by atoms with Gasteiger partial charge < -0.3 is 14.2 Å². The average Bonchev–Trinajstić information content (AvgIpc) is 3.27. The number of carbonyl (C=O) groups excluding carboxylic acids is 2. The Labute approximate surface area is 189 Å². The molecule has 1 atom stereocenters. The first-order valence-electron chi connectivity index (χ1n) is 10.8. The molecule has 2 aromatic carbocycles. The van der Waals surface area contributed by atoms with E-state index in [9.17, 15) is 9.59 Å². The highest BCUT2D eigenvalue weighted by Crippen LogP contribution is 2.19. The number of hydrogen-bond acceptors (Lipinski definition) is 3. The summed E-state index contributed by atoms with van der Waals surface area (Å²) in [5.74, 6) is -0.0940. The number of allylic oxidation sites excluding steroid dienone is 1. The van der Waals surface area contributed by atoms with Crippen LogP contribution in [0.4, 0.5) is 0 Å². The second-order valence-electron chi connectivity index (χ2n) is 7.87. The van der Waals surface area contributed by atoms with E-state index in [4.69, 9.17) is 4.74 Å². The van der Waals surface area contributed by atoms with Crippen LogP contribution < -0.4 is 0 Å². The summed E-state index contributed by atoms with van der Waals surface area (Å²) in [6.45, 7) is 3.09. The number of methoxy groups -OCH3 is 1. The van der Waals surface area contributed by atoms with Crippen molar-refractivity contribution < 1.29 is 14.3 Å². The van der Waals surface area contributed by atoms with Gasteiger partial charge in [-0.05, 0) is 53.8 Å². The fourth-order valence-corrected chi connectivity index (χ4v) is 3.45. The molecule has 32 heavy (non-hydrogen) atoms. The second kappa shape index (κ2) is 11.1. The lowest BCUT2D eigenvalue weighted by molar-refractivity contribution is -0.130. The van der Waals surface area contributed by atoms with Crippen LogP contribution in [0.25, 0.3) is 6.08 Å². The van der Waals surface area contributed by atoms with E-state index in [0.29, 0.717) is 18.7 Å². The maximum Gasteiger partial charge on any atom is 0.337 e. The molecule has 3 rings (SSSR count). The fourth-order valence-electron chi connectivity index (χ4n) is 3.45. The average molecular weight is 431 g/mol. The summed E-state index contributed by atoms with van der Waals surface area (Å²) in [4.78, 5) is 26.1. The largest absolute Gasteiger partial charge is 0.465 e. The van der Waals surface area contributed by atoms with Crippen molar-refractivity contribution in [3.8, 4) is 0 Å². The van der Waals surface area contributed by atoms with E-state index in [-0.39, 0.29) is 17.8 Å². The predicted octanol–water partition coefficient (Wildman–Crippen LogP) is 4.79. The molecule has 166 valence electrons. The SMILES string of the molecule is COC(=O)c1ccc(C(C)C=Cc2cccn2CC(=O)N(C)CCc2ccccc2)cc1. The van der Waals surface area contributed by atoms with Crippen LogP contribution in [-0.2, 0) is 22.5 Å². The van der Waals surface area contributed by atoms with Crippen molar-refractivity contribution in [1.29, 1.82) is 0 Å². The normalized spacial score (nSPS) is 12.0. The summed E-state index contributed by atoms with van der Waals surface area (Å²) < 4.78 is 6.71. The summed E-state index contributed by atoms with van der Waals surface area (Å²) in [6, 6.07) is 21.6. The first-order valence-corrected chi connectivity index (χ1v) is 10.8. The zero-order valence-electron chi connectivity index (χ0n) is 18.9. The quantitative estimate of drug-likeness (QED) is 0.459. The molecule has 1 unspecified atom stereocenters.